The Kier molecular flexibility index (Phi) is 1.86. The Bertz CT molecular complexity index is 302. The third kappa shape index (κ3) is 1.35. The SMILES string of the molecule is C[C@@H]1C=CCc2ccccc2O1. The average molecular weight is 160 g/mol. The number of ether oxygens (including phenoxy) is 1. The first-order valence-corrected chi connectivity index (χ1v) is 4.27. The number of hydrogen-bond acceptors (Lipinski definition) is 1. The number of hydrogen-bond donors (Lipinski definition) is 0. The van der Waals surface area contributed by atoms with Crippen molar-refractivity contribution in [3.63, 3.8) is 0 Å². The molecule has 1 atom stereocenters. The highest BCUT2D eigenvalue weighted by atomic mass is 16.5. The van der Waals surface area contributed by atoms with Gasteiger partial charge in [-0.05, 0) is 31.1 Å². The number of allylic oxidation sites excluding steroid dienone is 1. The quantitative estimate of drug-likeness (QED) is 0.530. The van der Waals surface area contributed by atoms with E-state index in [1.807, 2.05) is 18.2 Å². The second-order valence-corrected chi connectivity index (χ2v) is 3.06. The Balaban J connectivity index is 2.38. The van der Waals surface area contributed by atoms with Gasteiger partial charge >= 0.3 is 0 Å². The molecule has 1 aromatic carbocycles. The van der Waals surface area contributed by atoms with Crippen LogP contribution in [-0.4, -0.2) is 6.10 Å². The summed E-state index contributed by atoms with van der Waals surface area (Å²) in [5.41, 5.74) is 1.28. The van der Waals surface area contributed by atoms with Crippen molar-refractivity contribution in [2.24, 2.45) is 0 Å². The van der Waals surface area contributed by atoms with Crippen molar-refractivity contribution in [3.05, 3.63) is 42.0 Å². The molecule has 0 radical (unpaired) electrons. The van der Waals surface area contributed by atoms with Crippen molar-refractivity contribution >= 4 is 0 Å². The minimum absolute atomic E-state index is 0.202. The van der Waals surface area contributed by atoms with Crippen molar-refractivity contribution in [1.29, 1.82) is 0 Å². The minimum atomic E-state index is 0.202. The Morgan fingerprint density at radius 2 is 2.17 bits per heavy atom. The Labute approximate surface area is 72.7 Å². The molecule has 0 saturated heterocycles. The van der Waals surface area contributed by atoms with Crippen LogP contribution in [-0.2, 0) is 6.42 Å². The largest absolute Gasteiger partial charge is 0.486 e. The van der Waals surface area contributed by atoms with Crippen molar-refractivity contribution in [2.45, 2.75) is 19.4 Å². The van der Waals surface area contributed by atoms with Gasteiger partial charge in [0.05, 0.1) is 0 Å². The number of rotatable bonds is 0. The molecular formula is C11H12O. The van der Waals surface area contributed by atoms with Crippen LogP contribution >= 0.6 is 0 Å². The Morgan fingerprint density at radius 1 is 1.33 bits per heavy atom. The average Bonchev–Trinajstić information content (AvgIpc) is 2.25. The van der Waals surface area contributed by atoms with E-state index in [4.69, 9.17) is 4.74 Å². The summed E-state index contributed by atoms with van der Waals surface area (Å²) in [7, 11) is 0. The molecule has 1 aliphatic rings. The van der Waals surface area contributed by atoms with Crippen LogP contribution in [0.25, 0.3) is 0 Å². The zero-order valence-corrected chi connectivity index (χ0v) is 7.16. The lowest BCUT2D eigenvalue weighted by Crippen LogP contribution is -2.06. The molecule has 62 valence electrons. The fourth-order valence-corrected chi connectivity index (χ4v) is 1.41. The molecule has 0 fully saturated rings. The third-order valence-electron chi connectivity index (χ3n) is 2.03. The topological polar surface area (TPSA) is 9.23 Å². The molecule has 1 heterocycles. The van der Waals surface area contributed by atoms with E-state index < -0.39 is 0 Å². The predicted molar refractivity (Wildman–Crippen MR) is 49.4 cm³/mol. The molecule has 12 heavy (non-hydrogen) atoms. The maximum atomic E-state index is 5.67. The van der Waals surface area contributed by atoms with Gasteiger partial charge < -0.3 is 4.74 Å². The summed E-state index contributed by atoms with van der Waals surface area (Å²) in [5.74, 6) is 1.02. The van der Waals surface area contributed by atoms with Gasteiger partial charge in [0.25, 0.3) is 0 Å². The van der Waals surface area contributed by atoms with Crippen LogP contribution < -0.4 is 4.74 Å². The van der Waals surface area contributed by atoms with Crippen LogP contribution in [0.4, 0.5) is 0 Å². The van der Waals surface area contributed by atoms with E-state index >= 15 is 0 Å². The molecule has 0 bridgehead atoms. The Hall–Kier alpha value is -1.24. The van der Waals surface area contributed by atoms with E-state index in [-0.39, 0.29) is 6.10 Å². The smallest absolute Gasteiger partial charge is 0.123 e. The molecule has 1 heteroatoms. The van der Waals surface area contributed by atoms with Crippen molar-refractivity contribution in [3.8, 4) is 5.75 Å². The second-order valence-electron chi connectivity index (χ2n) is 3.06. The standard InChI is InChI=1S/C11H12O/c1-9-5-4-7-10-6-2-3-8-11(10)12-9/h2-6,8-9H,7H2,1H3/t9-/m1/s1. The zero-order valence-electron chi connectivity index (χ0n) is 7.16. The van der Waals surface area contributed by atoms with Gasteiger partial charge in [0.15, 0.2) is 0 Å². The molecule has 0 unspecified atom stereocenters. The summed E-state index contributed by atoms with van der Waals surface area (Å²) in [6, 6.07) is 8.19. The van der Waals surface area contributed by atoms with Crippen molar-refractivity contribution in [1.82, 2.24) is 0 Å². The van der Waals surface area contributed by atoms with Crippen LogP contribution in [0.2, 0.25) is 0 Å². The second kappa shape index (κ2) is 3.02. The highest BCUT2D eigenvalue weighted by Crippen LogP contribution is 2.22. The lowest BCUT2D eigenvalue weighted by molar-refractivity contribution is 0.270. The van der Waals surface area contributed by atoms with Gasteiger partial charge in [-0.25, -0.2) is 0 Å². The molecule has 1 nitrogen and oxygen atoms in total. The van der Waals surface area contributed by atoms with Crippen LogP contribution in [0.3, 0.4) is 0 Å². The molecule has 1 aliphatic heterocycles. The van der Waals surface area contributed by atoms with E-state index in [0.717, 1.165) is 12.2 Å². The molecule has 0 saturated carbocycles. The first-order valence-electron chi connectivity index (χ1n) is 4.27. The van der Waals surface area contributed by atoms with Crippen LogP contribution in [0.1, 0.15) is 12.5 Å². The minimum Gasteiger partial charge on any atom is -0.486 e. The first-order chi connectivity index (χ1) is 5.86. The number of para-hydroxylation sites is 1. The fraction of sp³-hybridized carbons (Fsp3) is 0.273. The number of benzene rings is 1. The molecule has 0 N–H and O–H groups in total. The highest BCUT2D eigenvalue weighted by molar-refractivity contribution is 5.36. The first kappa shape index (κ1) is 7.41. The van der Waals surface area contributed by atoms with E-state index in [1.54, 1.807) is 0 Å². The summed E-state index contributed by atoms with van der Waals surface area (Å²) in [6.45, 7) is 2.05. The van der Waals surface area contributed by atoms with Gasteiger partial charge in [-0.2, -0.15) is 0 Å². The molecule has 0 spiro atoms. The molecule has 2 rings (SSSR count). The lowest BCUT2D eigenvalue weighted by Gasteiger charge is -2.10. The summed E-state index contributed by atoms with van der Waals surface area (Å²) in [4.78, 5) is 0. The van der Waals surface area contributed by atoms with Gasteiger partial charge in [0.2, 0.25) is 0 Å². The summed E-state index contributed by atoms with van der Waals surface area (Å²) < 4.78 is 5.67. The highest BCUT2D eigenvalue weighted by Gasteiger charge is 2.07. The third-order valence-corrected chi connectivity index (χ3v) is 2.03. The van der Waals surface area contributed by atoms with Crippen molar-refractivity contribution < 1.29 is 4.74 Å². The fourth-order valence-electron chi connectivity index (χ4n) is 1.41. The Morgan fingerprint density at radius 3 is 3.08 bits per heavy atom. The van der Waals surface area contributed by atoms with Gasteiger partial charge in [0.1, 0.15) is 11.9 Å². The van der Waals surface area contributed by atoms with Gasteiger partial charge in [-0.3, -0.25) is 0 Å². The van der Waals surface area contributed by atoms with E-state index in [2.05, 4.69) is 25.1 Å². The van der Waals surface area contributed by atoms with Crippen LogP contribution in [0.5, 0.6) is 5.75 Å². The molecule has 0 aromatic heterocycles. The molecular weight excluding hydrogens is 148 g/mol. The lowest BCUT2D eigenvalue weighted by atomic mass is 10.1. The van der Waals surface area contributed by atoms with Gasteiger partial charge in [0, 0.05) is 0 Å². The molecule has 0 aliphatic carbocycles. The number of fused-ring (bicyclic) bond motifs is 1. The summed E-state index contributed by atoms with van der Waals surface area (Å²) in [5, 5.41) is 0. The van der Waals surface area contributed by atoms with E-state index in [9.17, 15) is 0 Å². The van der Waals surface area contributed by atoms with E-state index in [0.29, 0.717) is 0 Å². The predicted octanol–water partition coefficient (Wildman–Crippen LogP) is 2.57. The molecule has 1 aromatic rings. The summed E-state index contributed by atoms with van der Waals surface area (Å²) in [6.07, 6.45) is 5.45. The maximum Gasteiger partial charge on any atom is 0.123 e. The summed E-state index contributed by atoms with van der Waals surface area (Å²) >= 11 is 0. The van der Waals surface area contributed by atoms with Crippen LogP contribution in [0.15, 0.2) is 36.4 Å². The van der Waals surface area contributed by atoms with Crippen molar-refractivity contribution in [2.75, 3.05) is 0 Å². The van der Waals surface area contributed by atoms with E-state index in [1.165, 1.54) is 5.56 Å². The van der Waals surface area contributed by atoms with Gasteiger partial charge in [-0.1, -0.05) is 24.3 Å². The molecule has 0 amide bonds. The zero-order chi connectivity index (χ0) is 8.39. The normalized spacial score (nSPS) is 20.9. The van der Waals surface area contributed by atoms with Gasteiger partial charge in [-0.15, -0.1) is 0 Å². The maximum absolute atomic E-state index is 5.67. The monoisotopic (exact) mass is 160 g/mol. The van der Waals surface area contributed by atoms with Crippen LogP contribution in [0, 0.1) is 0 Å².